The van der Waals surface area contributed by atoms with Crippen LogP contribution in [0, 0.1) is 20.8 Å². The van der Waals surface area contributed by atoms with E-state index in [9.17, 15) is 0 Å². The number of nitrogens with one attached hydrogen (secondary N) is 1. The van der Waals surface area contributed by atoms with Crippen LogP contribution in [-0.4, -0.2) is 35.0 Å². The smallest absolute Gasteiger partial charge is 0.174 e. The molecule has 1 aliphatic heterocycles. The van der Waals surface area contributed by atoms with E-state index in [-0.39, 0.29) is 12.1 Å². The minimum atomic E-state index is -0.147. The van der Waals surface area contributed by atoms with Crippen LogP contribution < -0.4 is 15.0 Å². The number of hydrogen-bond donors (Lipinski definition) is 1. The fraction of sp³-hybridized carbons (Fsp3) is 0.267. The Morgan fingerprint density at radius 2 is 1.79 bits per heavy atom. The predicted octanol–water partition coefficient (Wildman–Crippen LogP) is 6.65. The molecule has 0 spiro atoms. The first-order valence-corrected chi connectivity index (χ1v) is 13.4. The van der Waals surface area contributed by atoms with E-state index in [1.807, 2.05) is 42.6 Å². The Bertz CT molecular complexity index is 1460. The molecule has 1 aliphatic rings. The first-order chi connectivity index (χ1) is 18.4. The molecule has 6 nitrogen and oxygen atoms in total. The highest BCUT2D eigenvalue weighted by Crippen LogP contribution is 2.45. The van der Waals surface area contributed by atoms with Gasteiger partial charge in [-0.15, -0.1) is 0 Å². The average molecular weight is 547 g/mol. The number of para-hydroxylation sites is 1. The van der Waals surface area contributed by atoms with Crippen LogP contribution in [-0.2, 0) is 4.74 Å². The first-order valence-electron chi connectivity index (χ1n) is 12.6. The molecule has 38 heavy (non-hydrogen) atoms. The summed E-state index contributed by atoms with van der Waals surface area (Å²) in [6.45, 7) is 7.37. The third-order valence-corrected chi connectivity index (χ3v) is 7.59. The Morgan fingerprint density at radius 3 is 2.50 bits per heavy atom. The van der Waals surface area contributed by atoms with Gasteiger partial charge < -0.3 is 24.3 Å². The van der Waals surface area contributed by atoms with E-state index in [2.05, 4.69) is 65.9 Å². The highest BCUT2D eigenvalue weighted by molar-refractivity contribution is 7.80. The maximum atomic E-state index is 6.67. The molecule has 2 unspecified atom stereocenters. The van der Waals surface area contributed by atoms with Crippen molar-refractivity contribution in [2.24, 2.45) is 0 Å². The lowest BCUT2D eigenvalue weighted by atomic mass is 9.96. The Balaban J connectivity index is 1.61. The fourth-order valence-corrected chi connectivity index (χ4v) is 5.79. The summed E-state index contributed by atoms with van der Waals surface area (Å²) >= 11 is 12.6. The summed E-state index contributed by atoms with van der Waals surface area (Å²) in [5.41, 5.74) is 7.68. The van der Waals surface area contributed by atoms with Crippen LogP contribution in [0.5, 0.6) is 5.75 Å². The topological polar surface area (TPSA) is 51.6 Å². The molecule has 1 fully saturated rings. The number of pyridine rings is 1. The molecule has 5 rings (SSSR count). The number of rotatable bonds is 8. The number of ether oxygens (including phenoxy) is 2. The molecular formula is C30H31ClN4O2S. The molecule has 0 saturated carbocycles. The van der Waals surface area contributed by atoms with Gasteiger partial charge in [0.2, 0.25) is 0 Å². The lowest BCUT2D eigenvalue weighted by molar-refractivity contribution is 0.146. The van der Waals surface area contributed by atoms with Crippen LogP contribution in [0.1, 0.15) is 40.3 Å². The van der Waals surface area contributed by atoms with E-state index < -0.39 is 0 Å². The second kappa shape index (κ2) is 11.2. The number of nitrogens with zero attached hydrogens (tertiary/aromatic N) is 3. The van der Waals surface area contributed by atoms with E-state index in [1.165, 1.54) is 16.8 Å². The van der Waals surface area contributed by atoms with Crippen LogP contribution in [0.3, 0.4) is 0 Å². The molecule has 3 heterocycles. The number of methoxy groups -OCH3 is 1. The second-order valence-corrected chi connectivity index (χ2v) is 10.2. The van der Waals surface area contributed by atoms with E-state index in [0.717, 1.165) is 22.8 Å². The van der Waals surface area contributed by atoms with Crippen molar-refractivity contribution in [3.05, 3.63) is 106 Å². The highest BCUT2D eigenvalue weighted by Gasteiger charge is 2.42. The monoisotopic (exact) mass is 546 g/mol. The van der Waals surface area contributed by atoms with E-state index in [1.54, 1.807) is 7.11 Å². The average Bonchev–Trinajstić information content (AvgIpc) is 3.41. The van der Waals surface area contributed by atoms with Crippen LogP contribution in [0.25, 0.3) is 5.69 Å². The molecule has 2 atom stereocenters. The molecule has 0 amide bonds. The highest BCUT2D eigenvalue weighted by atomic mass is 35.5. The first kappa shape index (κ1) is 26.2. The number of aromatic nitrogens is 2. The normalized spacial score (nSPS) is 17.1. The summed E-state index contributed by atoms with van der Waals surface area (Å²) in [5, 5.41) is 4.69. The van der Waals surface area contributed by atoms with Gasteiger partial charge in [-0.2, -0.15) is 0 Å². The summed E-state index contributed by atoms with van der Waals surface area (Å²) in [6.07, 6.45) is 1.82. The van der Waals surface area contributed by atoms with E-state index >= 15 is 0 Å². The lowest BCUT2D eigenvalue weighted by Crippen LogP contribution is -2.29. The Kier molecular flexibility index (Phi) is 7.70. The largest absolute Gasteiger partial charge is 0.490 e. The van der Waals surface area contributed by atoms with Gasteiger partial charge in [0.1, 0.15) is 12.4 Å². The van der Waals surface area contributed by atoms with Crippen LogP contribution in [0.2, 0.25) is 5.02 Å². The lowest BCUT2D eigenvalue weighted by Gasteiger charge is -2.28. The van der Waals surface area contributed by atoms with Gasteiger partial charge in [0.25, 0.3) is 0 Å². The van der Waals surface area contributed by atoms with E-state index in [4.69, 9.17) is 38.3 Å². The van der Waals surface area contributed by atoms with Crippen LogP contribution in [0.4, 0.5) is 5.69 Å². The van der Waals surface area contributed by atoms with Gasteiger partial charge in [0, 0.05) is 36.1 Å². The summed E-state index contributed by atoms with van der Waals surface area (Å²) in [4.78, 5) is 6.83. The zero-order valence-corrected chi connectivity index (χ0v) is 23.5. The standard InChI is InChI=1S/C30H31ClN4O2S/c1-19-9-5-6-11-26(19)34-20(2)17-23(21(34)3)29-28(25-10-7-8-14-32-25)33-30(38)35(29)22-12-13-27(24(31)18-22)37-16-15-36-4/h5-14,17-18,28-29H,15-16H2,1-4H3,(H,33,38). The minimum absolute atomic E-state index is 0.141. The van der Waals surface area contributed by atoms with Crippen molar-refractivity contribution in [3.63, 3.8) is 0 Å². The Morgan fingerprint density at radius 1 is 1.00 bits per heavy atom. The number of halogens is 1. The number of thiocarbonyl (C=S) groups is 1. The van der Waals surface area contributed by atoms with Crippen molar-refractivity contribution in [1.82, 2.24) is 14.9 Å². The predicted molar refractivity (Wildman–Crippen MR) is 157 cm³/mol. The molecule has 2 aromatic carbocycles. The van der Waals surface area contributed by atoms with Crippen molar-refractivity contribution in [1.29, 1.82) is 0 Å². The summed E-state index contributed by atoms with van der Waals surface area (Å²) in [5.74, 6) is 0.612. The van der Waals surface area contributed by atoms with Gasteiger partial charge in [-0.25, -0.2) is 0 Å². The summed E-state index contributed by atoms with van der Waals surface area (Å²) in [7, 11) is 1.64. The molecule has 8 heteroatoms. The van der Waals surface area contributed by atoms with Gasteiger partial charge >= 0.3 is 0 Å². The van der Waals surface area contributed by atoms with Crippen LogP contribution >= 0.6 is 23.8 Å². The number of aryl methyl sites for hydroxylation is 2. The van der Waals surface area contributed by atoms with Gasteiger partial charge in [0.05, 0.1) is 29.4 Å². The van der Waals surface area contributed by atoms with Crippen molar-refractivity contribution in [3.8, 4) is 11.4 Å². The molecule has 4 aromatic rings. The van der Waals surface area contributed by atoms with Crippen molar-refractivity contribution in [2.45, 2.75) is 32.9 Å². The number of hydrogen-bond acceptors (Lipinski definition) is 4. The molecule has 196 valence electrons. The van der Waals surface area contributed by atoms with Crippen LogP contribution in [0.15, 0.2) is 72.9 Å². The third kappa shape index (κ3) is 4.89. The van der Waals surface area contributed by atoms with E-state index in [0.29, 0.717) is 29.1 Å². The van der Waals surface area contributed by atoms with Gasteiger partial charge in [0.15, 0.2) is 5.11 Å². The number of anilines is 1. The molecule has 0 bridgehead atoms. The summed E-state index contributed by atoms with van der Waals surface area (Å²) in [6, 6.07) is 22.2. The Hall–Kier alpha value is -3.39. The molecule has 0 radical (unpaired) electrons. The quantitative estimate of drug-likeness (QED) is 0.197. The molecule has 1 saturated heterocycles. The second-order valence-electron chi connectivity index (χ2n) is 9.40. The van der Waals surface area contributed by atoms with Gasteiger partial charge in [-0.3, -0.25) is 4.98 Å². The maximum absolute atomic E-state index is 6.67. The zero-order chi connectivity index (χ0) is 26.8. The number of benzene rings is 2. The van der Waals surface area contributed by atoms with Crippen molar-refractivity contribution in [2.75, 3.05) is 25.2 Å². The zero-order valence-electron chi connectivity index (χ0n) is 21.9. The van der Waals surface area contributed by atoms with Gasteiger partial charge in [-0.1, -0.05) is 35.9 Å². The molecule has 0 aliphatic carbocycles. The fourth-order valence-electron chi connectivity index (χ4n) is 5.21. The van der Waals surface area contributed by atoms with Gasteiger partial charge in [-0.05, 0) is 86.6 Å². The molecule has 2 aromatic heterocycles. The SMILES string of the molecule is COCCOc1ccc(N2C(=S)NC(c3ccccn3)C2c2cc(C)n(-c3ccccc3C)c2C)cc1Cl. The molecule has 1 N–H and O–H groups in total. The summed E-state index contributed by atoms with van der Waals surface area (Å²) < 4.78 is 13.2. The van der Waals surface area contributed by atoms with Crippen molar-refractivity contribution >= 4 is 34.6 Å². The van der Waals surface area contributed by atoms with Crippen molar-refractivity contribution < 1.29 is 9.47 Å². The Labute approximate surface area is 234 Å². The molecular weight excluding hydrogens is 516 g/mol. The third-order valence-electron chi connectivity index (χ3n) is 6.98. The maximum Gasteiger partial charge on any atom is 0.174 e. The minimum Gasteiger partial charge on any atom is -0.490 e.